The lowest BCUT2D eigenvalue weighted by Crippen LogP contribution is -2.10. The maximum Gasteiger partial charge on any atom is 0.252 e. The minimum absolute atomic E-state index is 0.0741. The lowest BCUT2D eigenvalue weighted by molar-refractivity contribution is 0.0998. The van der Waals surface area contributed by atoms with Crippen LogP contribution in [0.2, 0.25) is 0 Å². The Balaban J connectivity index is 0.000000200. The molecule has 1 amide bonds. The highest BCUT2D eigenvalue weighted by Gasteiger charge is 2.03. The average Bonchev–Trinajstić information content (AvgIpc) is 2.40. The van der Waals surface area contributed by atoms with Gasteiger partial charge in [0.1, 0.15) is 11.5 Å². The Hall–Kier alpha value is -2.82. The molecule has 2 aromatic rings. The second-order valence-electron chi connectivity index (χ2n) is 4.02. The van der Waals surface area contributed by atoms with Crippen molar-refractivity contribution in [3.63, 3.8) is 0 Å². The van der Waals surface area contributed by atoms with E-state index in [0.29, 0.717) is 11.3 Å². The fourth-order valence-electron chi connectivity index (χ4n) is 1.47. The minimum Gasteiger partial charge on any atom is -0.507 e. The van der Waals surface area contributed by atoms with Crippen molar-refractivity contribution in [1.29, 1.82) is 5.41 Å². The zero-order chi connectivity index (χ0) is 15.1. The summed E-state index contributed by atoms with van der Waals surface area (Å²) in [4.78, 5) is 10.5. The lowest BCUT2D eigenvalue weighted by atomic mass is 10.1. The number of hydrogen-bond acceptors (Lipinski definition) is 4. The molecule has 0 aliphatic heterocycles. The standard InChI is InChI=1S/C8H9NO.C7H7NO2/c1-6(9)7-4-2-3-5-8(7)10;8-7(10)5-3-1-2-4-6(5)9/h2-5,9-10H,1H3;1-4,9H,(H2,8,10). The van der Waals surface area contributed by atoms with Gasteiger partial charge in [-0.05, 0) is 31.2 Å². The van der Waals surface area contributed by atoms with Crippen LogP contribution in [0.1, 0.15) is 22.8 Å². The number of carbonyl (C=O) groups is 1. The van der Waals surface area contributed by atoms with E-state index in [4.69, 9.17) is 21.4 Å². The predicted molar refractivity (Wildman–Crippen MR) is 77.2 cm³/mol. The number of amides is 1. The number of nitrogens with one attached hydrogen (secondary N) is 1. The number of para-hydroxylation sites is 2. The summed E-state index contributed by atoms with van der Waals surface area (Å²) in [5, 5.41) is 25.3. The molecule has 5 heteroatoms. The molecule has 0 unspecified atom stereocenters. The van der Waals surface area contributed by atoms with Gasteiger partial charge in [-0.15, -0.1) is 0 Å². The van der Waals surface area contributed by atoms with E-state index in [1.807, 2.05) is 0 Å². The van der Waals surface area contributed by atoms with Crippen molar-refractivity contribution in [2.45, 2.75) is 6.92 Å². The van der Waals surface area contributed by atoms with Crippen molar-refractivity contribution in [2.24, 2.45) is 5.73 Å². The molecule has 104 valence electrons. The summed E-state index contributed by atoms with van der Waals surface area (Å²) in [5.74, 6) is -0.511. The SMILES string of the molecule is CC(=N)c1ccccc1O.NC(=O)c1ccccc1O. The molecule has 0 heterocycles. The van der Waals surface area contributed by atoms with E-state index in [1.54, 1.807) is 43.3 Å². The number of aromatic hydroxyl groups is 2. The normalized spacial score (nSPS) is 9.25. The highest BCUT2D eigenvalue weighted by atomic mass is 16.3. The van der Waals surface area contributed by atoms with E-state index in [9.17, 15) is 4.79 Å². The maximum absolute atomic E-state index is 10.5. The molecule has 0 spiro atoms. The van der Waals surface area contributed by atoms with E-state index in [0.717, 1.165) is 0 Å². The second kappa shape index (κ2) is 6.94. The molecular weight excluding hydrogens is 256 g/mol. The molecule has 2 aromatic carbocycles. The number of phenolic OH excluding ortho intramolecular Hbond substituents is 1. The number of benzene rings is 2. The van der Waals surface area contributed by atoms with Crippen molar-refractivity contribution in [2.75, 3.05) is 0 Å². The molecule has 0 bridgehead atoms. The molecule has 0 saturated heterocycles. The third kappa shape index (κ3) is 4.13. The van der Waals surface area contributed by atoms with Crippen LogP contribution in [-0.4, -0.2) is 21.8 Å². The van der Waals surface area contributed by atoms with Crippen LogP contribution < -0.4 is 5.73 Å². The Morgan fingerprint density at radius 1 is 0.950 bits per heavy atom. The highest BCUT2D eigenvalue weighted by Crippen LogP contribution is 2.15. The fourth-order valence-corrected chi connectivity index (χ4v) is 1.47. The molecule has 0 aromatic heterocycles. The molecule has 0 atom stereocenters. The van der Waals surface area contributed by atoms with Crippen molar-refractivity contribution < 1.29 is 15.0 Å². The minimum atomic E-state index is -0.613. The van der Waals surface area contributed by atoms with Crippen LogP contribution in [0.4, 0.5) is 0 Å². The molecule has 0 saturated carbocycles. The zero-order valence-corrected chi connectivity index (χ0v) is 11.0. The van der Waals surface area contributed by atoms with Crippen molar-refractivity contribution in [3.05, 3.63) is 59.7 Å². The van der Waals surface area contributed by atoms with Gasteiger partial charge in [-0.25, -0.2) is 0 Å². The van der Waals surface area contributed by atoms with E-state index < -0.39 is 5.91 Å². The van der Waals surface area contributed by atoms with E-state index in [1.165, 1.54) is 12.1 Å². The van der Waals surface area contributed by atoms with Gasteiger partial charge in [-0.1, -0.05) is 24.3 Å². The monoisotopic (exact) mass is 272 g/mol. The van der Waals surface area contributed by atoms with Gasteiger partial charge in [0.15, 0.2) is 0 Å². The number of nitrogens with two attached hydrogens (primary N) is 1. The van der Waals surface area contributed by atoms with Crippen LogP contribution in [0.3, 0.4) is 0 Å². The van der Waals surface area contributed by atoms with Gasteiger partial charge in [-0.3, -0.25) is 4.79 Å². The van der Waals surface area contributed by atoms with Crippen LogP contribution >= 0.6 is 0 Å². The lowest BCUT2D eigenvalue weighted by Gasteiger charge is -1.98. The summed E-state index contributed by atoms with van der Waals surface area (Å²) in [7, 11) is 0. The summed E-state index contributed by atoms with van der Waals surface area (Å²) in [6.45, 7) is 1.65. The molecule has 5 nitrogen and oxygen atoms in total. The van der Waals surface area contributed by atoms with E-state index in [-0.39, 0.29) is 17.1 Å². The first kappa shape index (κ1) is 15.2. The van der Waals surface area contributed by atoms with Crippen molar-refractivity contribution >= 4 is 11.6 Å². The first-order chi connectivity index (χ1) is 9.43. The summed E-state index contributed by atoms with van der Waals surface area (Å²) >= 11 is 0. The van der Waals surface area contributed by atoms with E-state index >= 15 is 0 Å². The molecule has 0 fully saturated rings. The molecule has 2 rings (SSSR count). The Morgan fingerprint density at radius 3 is 1.60 bits per heavy atom. The van der Waals surface area contributed by atoms with Gasteiger partial charge in [-0.2, -0.15) is 0 Å². The third-order valence-electron chi connectivity index (χ3n) is 2.48. The third-order valence-corrected chi connectivity index (χ3v) is 2.48. The second-order valence-corrected chi connectivity index (χ2v) is 4.02. The zero-order valence-electron chi connectivity index (χ0n) is 11.0. The Kier molecular flexibility index (Phi) is 5.29. The smallest absolute Gasteiger partial charge is 0.252 e. The molecular formula is C15H16N2O3. The highest BCUT2D eigenvalue weighted by molar-refractivity contribution is 5.98. The van der Waals surface area contributed by atoms with Gasteiger partial charge in [0.2, 0.25) is 0 Å². The number of phenols is 2. The predicted octanol–water partition coefficient (Wildman–Crippen LogP) is 2.27. The largest absolute Gasteiger partial charge is 0.507 e. The summed E-state index contributed by atoms with van der Waals surface area (Å²) in [6, 6.07) is 13.0. The maximum atomic E-state index is 10.5. The summed E-state index contributed by atoms with van der Waals surface area (Å²) in [6.07, 6.45) is 0. The molecule has 20 heavy (non-hydrogen) atoms. The average molecular weight is 272 g/mol. The summed E-state index contributed by atoms with van der Waals surface area (Å²) in [5.41, 5.74) is 6.06. The number of carbonyl (C=O) groups excluding carboxylic acids is 1. The van der Waals surface area contributed by atoms with Crippen molar-refractivity contribution in [1.82, 2.24) is 0 Å². The van der Waals surface area contributed by atoms with Crippen LogP contribution in [0.15, 0.2) is 48.5 Å². The van der Waals surface area contributed by atoms with Gasteiger partial charge in [0.25, 0.3) is 5.91 Å². The number of primary amides is 1. The van der Waals surface area contributed by atoms with Crippen molar-refractivity contribution in [3.8, 4) is 11.5 Å². The molecule has 0 radical (unpaired) electrons. The van der Waals surface area contributed by atoms with Gasteiger partial charge >= 0.3 is 0 Å². The number of rotatable bonds is 2. The van der Waals surface area contributed by atoms with Crippen LogP contribution in [0.5, 0.6) is 11.5 Å². The van der Waals surface area contributed by atoms with Gasteiger partial charge in [0.05, 0.1) is 5.56 Å². The Morgan fingerprint density at radius 2 is 1.35 bits per heavy atom. The van der Waals surface area contributed by atoms with Crippen LogP contribution in [0.25, 0.3) is 0 Å². The Labute approximate surface area is 116 Å². The molecule has 5 N–H and O–H groups in total. The topological polar surface area (TPSA) is 107 Å². The summed E-state index contributed by atoms with van der Waals surface area (Å²) < 4.78 is 0. The van der Waals surface area contributed by atoms with Gasteiger partial charge in [0, 0.05) is 11.3 Å². The quantitative estimate of drug-likeness (QED) is 0.630. The van der Waals surface area contributed by atoms with Crippen LogP contribution in [0, 0.1) is 5.41 Å². The van der Waals surface area contributed by atoms with Gasteiger partial charge < -0.3 is 21.4 Å². The Bertz CT molecular complexity index is 569. The first-order valence-corrected chi connectivity index (χ1v) is 5.84. The molecule has 0 aliphatic rings. The van der Waals surface area contributed by atoms with E-state index in [2.05, 4.69) is 0 Å². The molecule has 0 aliphatic carbocycles. The first-order valence-electron chi connectivity index (χ1n) is 5.84. The number of hydrogen-bond donors (Lipinski definition) is 4. The van der Waals surface area contributed by atoms with Crippen LogP contribution in [-0.2, 0) is 0 Å². The fraction of sp³-hybridized carbons (Fsp3) is 0.0667.